The van der Waals surface area contributed by atoms with Gasteiger partial charge >= 0.3 is 0 Å². The molecule has 0 N–H and O–H groups in total. The van der Waals surface area contributed by atoms with Gasteiger partial charge in [0.25, 0.3) is 5.89 Å². The van der Waals surface area contributed by atoms with Crippen molar-refractivity contribution in [3.63, 3.8) is 0 Å². The van der Waals surface area contributed by atoms with Crippen LogP contribution in [0, 0.1) is 0 Å². The number of rotatable bonds is 3. The number of methoxy groups -OCH3 is 1. The second-order valence-corrected chi connectivity index (χ2v) is 5.12. The van der Waals surface area contributed by atoms with E-state index in [9.17, 15) is 0 Å². The third kappa shape index (κ3) is 2.18. The number of hydrogen-bond acceptors (Lipinski definition) is 6. The fourth-order valence-electron chi connectivity index (χ4n) is 2.03. The first-order valence-electron chi connectivity index (χ1n) is 5.82. The second kappa shape index (κ2) is 4.99. The zero-order chi connectivity index (χ0) is 13.3. The first-order valence-corrected chi connectivity index (χ1v) is 6.61. The van der Waals surface area contributed by atoms with Crippen LogP contribution in [0.2, 0.25) is 0 Å². The summed E-state index contributed by atoms with van der Waals surface area (Å²) in [5.41, 5.74) is 0.184. The largest absolute Gasteiger partial charge is 0.417 e. The fraction of sp³-hybridized carbons (Fsp3) is 0.417. The quantitative estimate of drug-likeness (QED) is 0.861. The lowest BCUT2D eigenvalue weighted by Crippen LogP contribution is -2.29. The van der Waals surface area contributed by atoms with Crippen molar-refractivity contribution in [1.82, 2.24) is 15.2 Å². The van der Waals surface area contributed by atoms with E-state index in [1.54, 1.807) is 19.5 Å². The minimum absolute atomic E-state index is 0.433. The molecule has 2 aromatic rings. The van der Waals surface area contributed by atoms with Crippen LogP contribution in [0.5, 0.6) is 0 Å². The van der Waals surface area contributed by atoms with E-state index < -0.39 is 5.60 Å². The molecule has 1 fully saturated rings. The Morgan fingerprint density at radius 2 is 2.32 bits per heavy atom. The lowest BCUT2D eigenvalue weighted by molar-refractivity contribution is -0.0407. The standard InChI is InChI=1S/C12H12BrN3O3/c1-17-12(3-5-18-7-12)11-16-15-10(19-11)8-2-4-14-6-9(8)13/h2,4,6H,3,5,7H2,1H3. The van der Waals surface area contributed by atoms with Crippen molar-refractivity contribution in [2.75, 3.05) is 20.3 Å². The zero-order valence-corrected chi connectivity index (χ0v) is 11.9. The third-order valence-corrected chi connectivity index (χ3v) is 3.83. The maximum Gasteiger partial charge on any atom is 0.251 e. The van der Waals surface area contributed by atoms with Crippen LogP contribution >= 0.6 is 15.9 Å². The predicted molar refractivity (Wildman–Crippen MR) is 69.4 cm³/mol. The van der Waals surface area contributed by atoms with Crippen LogP contribution in [0.15, 0.2) is 27.3 Å². The fourth-order valence-corrected chi connectivity index (χ4v) is 2.45. The van der Waals surface area contributed by atoms with Gasteiger partial charge in [-0.15, -0.1) is 10.2 Å². The van der Waals surface area contributed by atoms with Gasteiger partial charge in [0.2, 0.25) is 5.89 Å². The molecule has 0 saturated carbocycles. The number of pyridine rings is 1. The van der Waals surface area contributed by atoms with Gasteiger partial charge in [0, 0.05) is 30.4 Å². The van der Waals surface area contributed by atoms with E-state index in [-0.39, 0.29) is 0 Å². The molecule has 3 rings (SSSR count). The highest BCUT2D eigenvalue weighted by molar-refractivity contribution is 9.10. The minimum Gasteiger partial charge on any atom is -0.417 e. The molecule has 7 heteroatoms. The Kier molecular flexibility index (Phi) is 3.34. The average molecular weight is 326 g/mol. The lowest BCUT2D eigenvalue weighted by Gasteiger charge is -2.20. The molecule has 100 valence electrons. The normalized spacial score (nSPS) is 22.8. The summed E-state index contributed by atoms with van der Waals surface area (Å²) in [6.45, 7) is 1.06. The van der Waals surface area contributed by atoms with E-state index in [1.165, 1.54) is 0 Å². The van der Waals surface area contributed by atoms with E-state index >= 15 is 0 Å². The summed E-state index contributed by atoms with van der Waals surface area (Å²) in [4.78, 5) is 4.00. The molecule has 3 heterocycles. The summed E-state index contributed by atoms with van der Waals surface area (Å²) in [7, 11) is 1.63. The van der Waals surface area contributed by atoms with Crippen molar-refractivity contribution in [2.24, 2.45) is 0 Å². The first kappa shape index (κ1) is 12.7. The number of ether oxygens (including phenoxy) is 2. The number of halogens is 1. The maximum atomic E-state index is 5.74. The van der Waals surface area contributed by atoms with Crippen LogP contribution in [-0.4, -0.2) is 35.5 Å². The summed E-state index contributed by atoms with van der Waals surface area (Å²) >= 11 is 3.41. The van der Waals surface area contributed by atoms with E-state index in [0.29, 0.717) is 31.4 Å². The predicted octanol–water partition coefficient (Wildman–Crippen LogP) is 2.16. The van der Waals surface area contributed by atoms with Crippen molar-refractivity contribution in [3.8, 4) is 11.5 Å². The molecule has 1 aliphatic heterocycles. The Hall–Kier alpha value is -1.31. The summed E-state index contributed by atoms with van der Waals surface area (Å²) < 4.78 is 17.4. The maximum absolute atomic E-state index is 5.74. The molecule has 1 atom stereocenters. The topological polar surface area (TPSA) is 70.3 Å². The Morgan fingerprint density at radius 1 is 1.42 bits per heavy atom. The van der Waals surface area contributed by atoms with Gasteiger partial charge in [-0.3, -0.25) is 4.98 Å². The first-order chi connectivity index (χ1) is 9.25. The minimum atomic E-state index is -0.620. The average Bonchev–Trinajstić information content (AvgIpc) is 3.09. The zero-order valence-electron chi connectivity index (χ0n) is 10.3. The molecular formula is C12H12BrN3O3. The molecule has 2 aromatic heterocycles. The van der Waals surface area contributed by atoms with Crippen molar-refractivity contribution in [2.45, 2.75) is 12.0 Å². The van der Waals surface area contributed by atoms with Gasteiger partial charge in [0.15, 0.2) is 5.60 Å². The monoisotopic (exact) mass is 325 g/mol. The third-order valence-electron chi connectivity index (χ3n) is 3.19. The van der Waals surface area contributed by atoms with Crippen LogP contribution < -0.4 is 0 Å². The van der Waals surface area contributed by atoms with E-state index in [0.717, 1.165) is 10.0 Å². The van der Waals surface area contributed by atoms with Crippen LogP contribution in [0.25, 0.3) is 11.5 Å². The van der Waals surface area contributed by atoms with Gasteiger partial charge in [0.05, 0.1) is 18.8 Å². The van der Waals surface area contributed by atoms with Crippen molar-refractivity contribution < 1.29 is 13.9 Å². The second-order valence-electron chi connectivity index (χ2n) is 4.27. The van der Waals surface area contributed by atoms with Gasteiger partial charge in [-0.05, 0) is 22.0 Å². The molecule has 0 amide bonds. The van der Waals surface area contributed by atoms with Crippen LogP contribution in [0.1, 0.15) is 12.3 Å². The van der Waals surface area contributed by atoms with Gasteiger partial charge in [0.1, 0.15) is 0 Å². The summed E-state index contributed by atoms with van der Waals surface area (Å²) in [6.07, 6.45) is 4.07. The van der Waals surface area contributed by atoms with Gasteiger partial charge in [-0.1, -0.05) is 0 Å². The van der Waals surface area contributed by atoms with E-state index in [4.69, 9.17) is 13.9 Å². The van der Waals surface area contributed by atoms with E-state index in [1.807, 2.05) is 6.07 Å². The molecule has 0 aliphatic carbocycles. The summed E-state index contributed by atoms with van der Waals surface area (Å²) in [5.74, 6) is 0.888. The highest BCUT2D eigenvalue weighted by Gasteiger charge is 2.42. The Labute approximate surface area is 118 Å². The molecule has 0 bridgehead atoms. The molecule has 0 aromatic carbocycles. The van der Waals surface area contributed by atoms with E-state index in [2.05, 4.69) is 31.1 Å². The molecule has 19 heavy (non-hydrogen) atoms. The summed E-state index contributed by atoms with van der Waals surface area (Å²) in [5, 5.41) is 8.17. The Bertz CT molecular complexity index is 581. The molecule has 1 unspecified atom stereocenters. The molecule has 6 nitrogen and oxygen atoms in total. The smallest absolute Gasteiger partial charge is 0.251 e. The number of hydrogen-bond donors (Lipinski definition) is 0. The van der Waals surface area contributed by atoms with Crippen LogP contribution in [0.3, 0.4) is 0 Å². The highest BCUT2D eigenvalue weighted by Crippen LogP contribution is 2.35. The Balaban J connectivity index is 1.98. The van der Waals surface area contributed by atoms with Crippen molar-refractivity contribution in [1.29, 1.82) is 0 Å². The lowest BCUT2D eigenvalue weighted by atomic mass is 10.0. The van der Waals surface area contributed by atoms with Crippen LogP contribution in [0.4, 0.5) is 0 Å². The highest BCUT2D eigenvalue weighted by atomic mass is 79.9. The summed E-state index contributed by atoms with van der Waals surface area (Å²) in [6, 6.07) is 1.81. The van der Waals surface area contributed by atoms with Crippen molar-refractivity contribution >= 4 is 15.9 Å². The van der Waals surface area contributed by atoms with Gasteiger partial charge in [-0.25, -0.2) is 0 Å². The molecule has 0 spiro atoms. The van der Waals surface area contributed by atoms with Crippen molar-refractivity contribution in [3.05, 3.63) is 28.8 Å². The number of aromatic nitrogens is 3. The molecule has 1 aliphatic rings. The Morgan fingerprint density at radius 3 is 3.00 bits per heavy atom. The SMILES string of the molecule is COC1(c2nnc(-c3ccncc3Br)o2)CCOC1. The molecule has 0 radical (unpaired) electrons. The van der Waals surface area contributed by atoms with Gasteiger partial charge < -0.3 is 13.9 Å². The molecule has 1 saturated heterocycles. The number of nitrogens with zero attached hydrogens (tertiary/aromatic N) is 3. The van der Waals surface area contributed by atoms with Crippen LogP contribution in [-0.2, 0) is 15.1 Å². The van der Waals surface area contributed by atoms with Gasteiger partial charge in [-0.2, -0.15) is 0 Å². The molecular weight excluding hydrogens is 314 g/mol.